The number of amides is 1. The van der Waals surface area contributed by atoms with E-state index in [1.165, 1.54) is 13.1 Å². The van der Waals surface area contributed by atoms with Crippen molar-refractivity contribution in [3.05, 3.63) is 0 Å². The van der Waals surface area contributed by atoms with Crippen molar-refractivity contribution in [2.45, 2.75) is 6.92 Å². The monoisotopic (exact) mass is 132 g/mol. The van der Waals surface area contributed by atoms with E-state index in [0.29, 0.717) is 6.61 Å². The molecule has 4 nitrogen and oxygen atoms in total. The van der Waals surface area contributed by atoms with Crippen molar-refractivity contribution in [2.75, 3.05) is 19.7 Å². The van der Waals surface area contributed by atoms with E-state index in [1.54, 1.807) is 6.92 Å². The molecule has 0 radical (unpaired) electrons. The molecule has 4 heteroatoms. The molecule has 0 aromatic heterocycles. The van der Waals surface area contributed by atoms with Gasteiger partial charge in [0.2, 0.25) is 0 Å². The minimum Gasteiger partial charge on any atom is -0.450 e. The van der Waals surface area contributed by atoms with Gasteiger partial charge in [-0.25, -0.2) is 4.79 Å². The highest BCUT2D eigenvalue weighted by Crippen LogP contribution is 1.66. The molecule has 3 N–H and O–H groups in total. The van der Waals surface area contributed by atoms with Gasteiger partial charge in [-0.15, -0.1) is 0 Å². The third-order valence-corrected chi connectivity index (χ3v) is 0.537. The van der Waals surface area contributed by atoms with Crippen LogP contribution >= 0.6 is 0 Å². The molecule has 0 aliphatic carbocycles. The van der Waals surface area contributed by atoms with Crippen molar-refractivity contribution in [2.24, 2.45) is 5.73 Å². The lowest BCUT2D eigenvalue weighted by atomic mass is 10.9. The molecule has 0 bridgehead atoms. The fraction of sp³-hybridized carbons (Fsp3) is 0.800. The zero-order valence-electron chi connectivity index (χ0n) is 5.52. The van der Waals surface area contributed by atoms with Gasteiger partial charge < -0.3 is 15.8 Å². The van der Waals surface area contributed by atoms with E-state index in [2.05, 4.69) is 15.8 Å². The van der Waals surface area contributed by atoms with Gasteiger partial charge in [0.05, 0.1) is 6.61 Å². The largest absolute Gasteiger partial charge is 0.450 e. The molecule has 1 aliphatic heterocycles. The van der Waals surface area contributed by atoms with Crippen LogP contribution in [0.5, 0.6) is 0 Å². The summed E-state index contributed by atoms with van der Waals surface area (Å²) in [5, 5.41) is 3.00. The number of carbonyl (C=O) groups excluding carboxylic acids is 1. The van der Waals surface area contributed by atoms with E-state index in [0.717, 1.165) is 0 Å². The highest BCUT2D eigenvalue weighted by molar-refractivity contribution is 5.64. The van der Waals surface area contributed by atoms with Crippen molar-refractivity contribution >= 4 is 6.09 Å². The first-order valence-corrected chi connectivity index (χ1v) is 2.90. The highest BCUT2D eigenvalue weighted by atomic mass is 16.5. The summed E-state index contributed by atoms with van der Waals surface area (Å²) in [6.45, 7) is 4.56. The molecule has 0 spiro atoms. The topological polar surface area (TPSA) is 74.3 Å². The average Bonchev–Trinajstić information content (AvgIpc) is 2.45. The molecule has 1 heterocycles. The summed E-state index contributed by atoms with van der Waals surface area (Å²) >= 11 is 0. The van der Waals surface area contributed by atoms with Crippen molar-refractivity contribution < 1.29 is 9.53 Å². The minimum absolute atomic E-state index is 0.356. The molecule has 0 aromatic rings. The summed E-state index contributed by atoms with van der Waals surface area (Å²) in [6.07, 6.45) is -0.711. The third-order valence-electron chi connectivity index (χ3n) is 0.537. The first-order chi connectivity index (χ1) is 4.27. The van der Waals surface area contributed by atoms with Crippen molar-refractivity contribution in [1.29, 1.82) is 0 Å². The molecule has 9 heavy (non-hydrogen) atoms. The van der Waals surface area contributed by atoms with E-state index >= 15 is 0 Å². The van der Waals surface area contributed by atoms with E-state index in [-0.39, 0.29) is 0 Å². The Hall–Kier alpha value is -0.770. The Bertz CT molecular complexity index is 80.3. The van der Waals surface area contributed by atoms with Crippen LogP contribution in [0.2, 0.25) is 0 Å². The number of carbonyl (C=O) groups is 1. The number of nitrogens with one attached hydrogen (secondary N) is 1. The molecular formula is C5H12N2O2. The molecule has 1 aliphatic rings. The fourth-order valence-electron chi connectivity index (χ4n) is 0.142. The Kier molecular flexibility index (Phi) is 4.91. The van der Waals surface area contributed by atoms with E-state index < -0.39 is 6.09 Å². The molecule has 0 unspecified atom stereocenters. The first kappa shape index (κ1) is 8.23. The summed E-state index contributed by atoms with van der Waals surface area (Å²) in [4.78, 5) is 9.60. The Morgan fingerprint density at radius 1 is 1.78 bits per heavy atom. The van der Waals surface area contributed by atoms with Crippen LogP contribution in [0, 0.1) is 0 Å². The second kappa shape index (κ2) is 5.37. The zero-order chi connectivity index (χ0) is 7.11. The molecular weight excluding hydrogens is 120 g/mol. The molecule has 54 valence electrons. The third kappa shape index (κ3) is 19.0. The normalized spacial score (nSPS) is 13.0. The maximum atomic E-state index is 9.60. The Labute approximate surface area is 54.4 Å². The Morgan fingerprint density at radius 2 is 2.22 bits per heavy atom. The van der Waals surface area contributed by atoms with Crippen LogP contribution in [0.25, 0.3) is 0 Å². The van der Waals surface area contributed by atoms with Crippen molar-refractivity contribution in [3.8, 4) is 0 Å². The quantitative estimate of drug-likeness (QED) is 0.480. The molecule has 0 saturated carbocycles. The number of hydrogen-bond acceptors (Lipinski definition) is 3. The van der Waals surface area contributed by atoms with Crippen LogP contribution < -0.4 is 11.1 Å². The lowest BCUT2D eigenvalue weighted by molar-refractivity contribution is 0.163. The predicted molar refractivity (Wildman–Crippen MR) is 34.1 cm³/mol. The van der Waals surface area contributed by atoms with Gasteiger partial charge in [-0.3, -0.25) is 0 Å². The van der Waals surface area contributed by atoms with Crippen LogP contribution in [0.1, 0.15) is 6.92 Å². The van der Waals surface area contributed by atoms with Gasteiger partial charge in [0, 0.05) is 13.1 Å². The summed E-state index contributed by atoms with van der Waals surface area (Å²) in [5.41, 5.74) is 4.54. The minimum atomic E-state index is -0.711. The van der Waals surface area contributed by atoms with Gasteiger partial charge in [0.1, 0.15) is 0 Å². The molecule has 1 rings (SSSR count). The van der Waals surface area contributed by atoms with Crippen molar-refractivity contribution in [3.63, 3.8) is 0 Å². The maximum Gasteiger partial charge on any atom is 0.404 e. The standard InChI is InChI=1S/C3H7NO2.C2H5N/c1-2-6-3(4)5;1-2-3-1/h2H2,1H3,(H2,4,5);3H,1-2H2. The average molecular weight is 132 g/mol. The highest BCUT2D eigenvalue weighted by Gasteiger charge is 1.91. The van der Waals surface area contributed by atoms with Gasteiger partial charge in [0.15, 0.2) is 0 Å². The first-order valence-electron chi connectivity index (χ1n) is 2.90. The number of rotatable bonds is 1. The lowest BCUT2D eigenvalue weighted by Gasteiger charge is -1.89. The van der Waals surface area contributed by atoms with E-state index in [1.807, 2.05) is 0 Å². The van der Waals surface area contributed by atoms with Crippen LogP contribution in [-0.2, 0) is 4.74 Å². The summed E-state index contributed by atoms with van der Waals surface area (Å²) < 4.78 is 4.18. The predicted octanol–water partition coefficient (Wildman–Crippen LogP) is -0.309. The van der Waals surface area contributed by atoms with Crippen molar-refractivity contribution in [1.82, 2.24) is 5.32 Å². The summed E-state index contributed by atoms with van der Waals surface area (Å²) in [6, 6.07) is 0. The zero-order valence-corrected chi connectivity index (χ0v) is 5.52. The van der Waals surface area contributed by atoms with Gasteiger partial charge >= 0.3 is 6.09 Å². The number of hydrogen-bond donors (Lipinski definition) is 2. The molecule has 0 atom stereocenters. The SMILES string of the molecule is C1CN1.CCOC(N)=O. The molecule has 1 fully saturated rings. The van der Waals surface area contributed by atoms with Crippen LogP contribution in [-0.4, -0.2) is 25.8 Å². The summed E-state index contributed by atoms with van der Waals surface area (Å²) in [5.74, 6) is 0. The molecule has 1 amide bonds. The number of nitrogens with two attached hydrogens (primary N) is 1. The van der Waals surface area contributed by atoms with Gasteiger partial charge in [-0.2, -0.15) is 0 Å². The van der Waals surface area contributed by atoms with Gasteiger partial charge in [0.25, 0.3) is 0 Å². The second-order valence-corrected chi connectivity index (χ2v) is 1.50. The van der Waals surface area contributed by atoms with E-state index in [9.17, 15) is 4.79 Å². The molecule has 1 saturated heterocycles. The number of primary amides is 1. The summed E-state index contributed by atoms with van der Waals surface area (Å²) in [7, 11) is 0. The van der Waals surface area contributed by atoms with Crippen LogP contribution in [0.3, 0.4) is 0 Å². The lowest BCUT2D eigenvalue weighted by Crippen LogP contribution is -2.11. The Balaban J connectivity index is 0.000000173. The second-order valence-electron chi connectivity index (χ2n) is 1.50. The Morgan fingerprint density at radius 3 is 2.22 bits per heavy atom. The number of ether oxygens (including phenoxy) is 1. The maximum absolute atomic E-state index is 9.60. The van der Waals surface area contributed by atoms with Gasteiger partial charge in [-0.05, 0) is 6.92 Å². The van der Waals surface area contributed by atoms with Crippen LogP contribution in [0.4, 0.5) is 4.79 Å². The molecule has 0 aromatic carbocycles. The fourth-order valence-corrected chi connectivity index (χ4v) is 0.142. The smallest absolute Gasteiger partial charge is 0.404 e. The van der Waals surface area contributed by atoms with Crippen LogP contribution in [0.15, 0.2) is 0 Å². The van der Waals surface area contributed by atoms with E-state index in [4.69, 9.17) is 0 Å². The van der Waals surface area contributed by atoms with Gasteiger partial charge in [-0.1, -0.05) is 0 Å².